The maximum absolute atomic E-state index is 8.91. The average Bonchev–Trinajstić information content (AvgIpc) is 1.82. The van der Waals surface area contributed by atoms with Gasteiger partial charge >= 0.3 is 0 Å². The molecular weight excluding hydrogens is 128 g/mol. The lowest BCUT2D eigenvalue weighted by Crippen LogP contribution is -2.22. The minimum absolute atomic E-state index is 0.306. The van der Waals surface area contributed by atoms with E-state index < -0.39 is 0 Å². The predicted octanol–water partition coefficient (Wildman–Crippen LogP) is 0.695. The van der Waals surface area contributed by atoms with Gasteiger partial charge in [0.1, 0.15) is 0 Å². The second-order valence-electron chi connectivity index (χ2n) is 2.40. The number of hydrogen-bond donors (Lipinski definition) is 1. The van der Waals surface area contributed by atoms with Gasteiger partial charge in [-0.15, -0.1) is 0 Å². The molecule has 0 amide bonds. The van der Waals surface area contributed by atoms with Crippen LogP contribution in [0.1, 0.15) is 20.3 Å². The lowest BCUT2D eigenvalue weighted by molar-refractivity contribution is 0.144. The Balaban J connectivity index is 3.42. The fourth-order valence-electron chi connectivity index (χ4n) is 0.651. The van der Waals surface area contributed by atoms with E-state index in [9.17, 15) is 0 Å². The van der Waals surface area contributed by atoms with Gasteiger partial charge in [0.05, 0.1) is 12.6 Å². The van der Waals surface area contributed by atoms with E-state index in [1.54, 1.807) is 11.9 Å². The number of rotatable bonds is 4. The first-order chi connectivity index (χ1) is 4.66. The van der Waals surface area contributed by atoms with Crippen molar-refractivity contribution in [3.63, 3.8) is 0 Å². The first-order valence-corrected chi connectivity index (χ1v) is 3.58. The molecule has 0 rings (SSSR count). The maximum atomic E-state index is 8.91. The molecule has 0 aliphatic carbocycles. The third-order valence-electron chi connectivity index (χ3n) is 0.990. The average molecular weight is 144 g/mol. The summed E-state index contributed by atoms with van der Waals surface area (Å²) in [4.78, 5) is 0. The van der Waals surface area contributed by atoms with Gasteiger partial charge in [-0.1, -0.05) is 6.92 Å². The van der Waals surface area contributed by atoms with Crippen LogP contribution < -0.4 is 0 Å². The van der Waals surface area contributed by atoms with Gasteiger partial charge in [-0.05, 0) is 13.3 Å². The van der Waals surface area contributed by atoms with Crippen molar-refractivity contribution in [2.24, 2.45) is 5.10 Å². The predicted molar refractivity (Wildman–Crippen MR) is 43.1 cm³/mol. The summed E-state index contributed by atoms with van der Waals surface area (Å²) in [6.07, 6.45) is 2.45. The van der Waals surface area contributed by atoms with Gasteiger partial charge in [0.2, 0.25) is 0 Å². The maximum Gasteiger partial charge on any atom is 0.0703 e. The number of likely N-dealkylation sites (N-methyl/N-ethyl adjacent to an activating group) is 1. The standard InChI is InChI=1S/C7H16N2O/c1-4-5-8-9(3)6-7(2)10/h5,7,10H,4,6H2,1-3H3/b8-5-/t7-/m0/s1. The van der Waals surface area contributed by atoms with Crippen LogP contribution in [0.5, 0.6) is 0 Å². The third kappa shape index (κ3) is 5.56. The second kappa shape index (κ2) is 5.23. The Morgan fingerprint density at radius 1 is 1.70 bits per heavy atom. The zero-order valence-corrected chi connectivity index (χ0v) is 6.91. The molecule has 0 aromatic heterocycles. The topological polar surface area (TPSA) is 35.8 Å². The van der Waals surface area contributed by atoms with Crippen LogP contribution in [0.2, 0.25) is 0 Å². The van der Waals surface area contributed by atoms with Crippen LogP contribution in [-0.4, -0.2) is 36.0 Å². The van der Waals surface area contributed by atoms with Gasteiger partial charge in [-0.25, -0.2) is 0 Å². The van der Waals surface area contributed by atoms with Crippen LogP contribution in [0.4, 0.5) is 0 Å². The lowest BCUT2D eigenvalue weighted by atomic mass is 10.4. The Morgan fingerprint density at radius 3 is 2.70 bits per heavy atom. The summed E-state index contributed by atoms with van der Waals surface area (Å²) in [6, 6.07) is 0. The molecule has 60 valence electrons. The largest absolute Gasteiger partial charge is 0.392 e. The molecule has 3 heteroatoms. The third-order valence-corrected chi connectivity index (χ3v) is 0.990. The summed E-state index contributed by atoms with van der Waals surface area (Å²) in [7, 11) is 1.85. The molecule has 0 spiro atoms. The highest BCUT2D eigenvalue weighted by Crippen LogP contribution is 1.87. The van der Waals surface area contributed by atoms with Crippen LogP contribution >= 0.6 is 0 Å². The number of hydrogen-bond acceptors (Lipinski definition) is 3. The quantitative estimate of drug-likeness (QED) is 0.465. The Kier molecular flexibility index (Phi) is 4.94. The summed E-state index contributed by atoms with van der Waals surface area (Å²) in [5.74, 6) is 0. The van der Waals surface area contributed by atoms with E-state index in [2.05, 4.69) is 5.10 Å². The summed E-state index contributed by atoms with van der Waals surface area (Å²) >= 11 is 0. The highest BCUT2D eigenvalue weighted by Gasteiger charge is 1.96. The van der Waals surface area contributed by atoms with Gasteiger partial charge in [0.15, 0.2) is 0 Å². The fraction of sp³-hybridized carbons (Fsp3) is 0.857. The highest BCUT2D eigenvalue weighted by molar-refractivity contribution is 5.55. The van der Waals surface area contributed by atoms with Crippen molar-refractivity contribution in [2.75, 3.05) is 13.6 Å². The van der Waals surface area contributed by atoms with Gasteiger partial charge in [0.25, 0.3) is 0 Å². The van der Waals surface area contributed by atoms with Crippen LogP contribution in [0.15, 0.2) is 5.10 Å². The Bertz CT molecular complexity index is 102. The van der Waals surface area contributed by atoms with Gasteiger partial charge in [-0.3, -0.25) is 5.01 Å². The van der Waals surface area contributed by atoms with Crippen LogP contribution in [-0.2, 0) is 0 Å². The molecule has 1 atom stereocenters. The smallest absolute Gasteiger partial charge is 0.0703 e. The molecule has 1 N–H and O–H groups in total. The molecule has 0 saturated carbocycles. The zero-order valence-electron chi connectivity index (χ0n) is 6.91. The van der Waals surface area contributed by atoms with Crippen molar-refractivity contribution in [3.8, 4) is 0 Å². The molecule has 0 radical (unpaired) electrons. The Morgan fingerprint density at radius 2 is 2.30 bits per heavy atom. The van der Waals surface area contributed by atoms with E-state index in [1.165, 1.54) is 0 Å². The van der Waals surface area contributed by atoms with E-state index in [0.717, 1.165) is 6.42 Å². The second-order valence-corrected chi connectivity index (χ2v) is 2.40. The molecule has 0 fully saturated rings. The monoisotopic (exact) mass is 144 g/mol. The summed E-state index contributed by atoms with van der Waals surface area (Å²) < 4.78 is 0. The Hall–Kier alpha value is -0.570. The Labute approximate surface area is 62.3 Å². The first kappa shape index (κ1) is 9.43. The first-order valence-electron chi connectivity index (χ1n) is 3.58. The minimum Gasteiger partial charge on any atom is -0.392 e. The van der Waals surface area contributed by atoms with E-state index in [4.69, 9.17) is 5.11 Å². The van der Waals surface area contributed by atoms with Crippen molar-refractivity contribution in [3.05, 3.63) is 0 Å². The molecule has 0 aliphatic heterocycles. The number of hydrazone groups is 1. The van der Waals surface area contributed by atoms with Crippen molar-refractivity contribution in [2.45, 2.75) is 26.4 Å². The normalized spacial score (nSPS) is 14.0. The van der Waals surface area contributed by atoms with E-state index in [0.29, 0.717) is 6.54 Å². The van der Waals surface area contributed by atoms with Crippen LogP contribution in [0.25, 0.3) is 0 Å². The lowest BCUT2D eigenvalue weighted by Gasteiger charge is -2.13. The molecule has 0 heterocycles. The van der Waals surface area contributed by atoms with Gasteiger partial charge < -0.3 is 5.11 Å². The van der Waals surface area contributed by atoms with Crippen molar-refractivity contribution < 1.29 is 5.11 Å². The fourth-order valence-corrected chi connectivity index (χ4v) is 0.651. The van der Waals surface area contributed by atoms with Gasteiger partial charge in [0, 0.05) is 13.3 Å². The van der Waals surface area contributed by atoms with Crippen LogP contribution in [0, 0.1) is 0 Å². The molecule has 3 nitrogen and oxygen atoms in total. The number of aliphatic hydroxyl groups excluding tert-OH is 1. The summed E-state index contributed by atoms with van der Waals surface area (Å²) in [6.45, 7) is 4.37. The summed E-state index contributed by atoms with van der Waals surface area (Å²) in [5.41, 5.74) is 0. The summed E-state index contributed by atoms with van der Waals surface area (Å²) in [5, 5.41) is 14.7. The van der Waals surface area contributed by atoms with Crippen LogP contribution in [0.3, 0.4) is 0 Å². The number of aliphatic hydroxyl groups is 1. The van der Waals surface area contributed by atoms with Crippen molar-refractivity contribution in [1.29, 1.82) is 0 Å². The zero-order chi connectivity index (χ0) is 7.98. The highest BCUT2D eigenvalue weighted by atomic mass is 16.3. The molecule has 0 aromatic rings. The van der Waals surface area contributed by atoms with E-state index >= 15 is 0 Å². The molecule has 0 bridgehead atoms. The molecule has 10 heavy (non-hydrogen) atoms. The van der Waals surface area contributed by atoms with Crippen molar-refractivity contribution >= 4 is 6.21 Å². The molecule has 0 aliphatic rings. The minimum atomic E-state index is -0.306. The van der Waals surface area contributed by atoms with Crippen molar-refractivity contribution in [1.82, 2.24) is 5.01 Å². The van der Waals surface area contributed by atoms with E-state index in [1.807, 2.05) is 20.2 Å². The molecule has 0 saturated heterocycles. The molecule has 0 aromatic carbocycles. The van der Waals surface area contributed by atoms with E-state index in [-0.39, 0.29) is 6.10 Å². The molecular formula is C7H16N2O. The number of nitrogens with zero attached hydrogens (tertiary/aromatic N) is 2. The van der Waals surface area contributed by atoms with Gasteiger partial charge in [-0.2, -0.15) is 5.10 Å². The molecule has 0 unspecified atom stereocenters. The SMILES string of the molecule is CC/C=N\N(C)C[C@H](C)O.